The highest BCUT2D eigenvalue weighted by molar-refractivity contribution is 6.36. The van der Waals surface area contributed by atoms with Crippen LogP contribution in [0, 0.1) is 0 Å². The average Bonchev–Trinajstić information content (AvgIpc) is 2.29. The maximum atomic E-state index is 6.14. The maximum absolute atomic E-state index is 6.14. The second-order valence-electron chi connectivity index (χ2n) is 4.29. The van der Waals surface area contributed by atoms with Crippen molar-refractivity contribution in [2.45, 2.75) is 38.1 Å². The highest BCUT2D eigenvalue weighted by atomic mass is 35.5. The SMILES string of the molecule is NN(c1ccc(Cl)cc1Cl)C1CCCCC1. The molecule has 0 spiro atoms. The van der Waals surface area contributed by atoms with Crippen LogP contribution in [-0.2, 0) is 0 Å². The smallest absolute Gasteiger partial charge is 0.0707 e. The van der Waals surface area contributed by atoms with Gasteiger partial charge in [-0.2, -0.15) is 0 Å². The fourth-order valence-corrected chi connectivity index (χ4v) is 2.75. The lowest BCUT2D eigenvalue weighted by atomic mass is 9.95. The van der Waals surface area contributed by atoms with E-state index >= 15 is 0 Å². The summed E-state index contributed by atoms with van der Waals surface area (Å²) in [5, 5.41) is 3.07. The zero-order valence-corrected chi connectivity index (χ0v) is 10.6. The van der Waals surface area contributed by atoms with Gasteiger partial charge >= 0.3 is 0 Å². The van der Waals surface area contributed by atoms with Crippen LogP contribution in [0.1, 0.15) is 32.1 Å². The molecule has 88 valence electrons. The predicted molar refractivity (Wildman–Crippen MR) is 70.0 cm³/mol. The quantitative estimate of drug-likeness (QED) is 0.642. The minimum Gasteiger partial charge on any atom is -0.307 e. The number of hydrazine groups is 1. The van der Waals surface area contributed by atoms with Crippen LogP contribution < -0.4 is 10.9 Å². The van der Waals surface area contributed by atoms with Crippen LogP contribution in [0.4, 0.5) is 5.69 Å². The van der Waals surface area contributed by atoms with Gasteiger partial charge in [-0.3, -0.25) is 0 Å². The minimum atomic E-state index is 0.410. The summed E-state index contributed by atoms with van der Waals surface area (Å²) in [4.78, 5) is 0. The first kappa shape index (κ1) is 12.0. The van der Waals surface area contributed by atoms with Crippen molar-refractivity contribution < 1.29 is 0 Å². The van der Waals surface area contributed by atoms with Crippen LogP contribution >= 0.6 is 23.2 Å². The molecule has 16 heavy (non-hydrogen) atoms. The van der Waals surface area contributed by atoms with Crippen molar-refractivity contribution in [1.29, 1.82) is 0 Å². The fraction of sp³-hybridized carbons (Fsp3) is 0.500. The van der Waals surface area contributed by atoms with E-state index in [9.17, 15) is 0 Å². The van der Waals surface area contributed by atoms with E-state index in [1.54, 1.807) is 11.1 Å². The minimum absolute atomic E-state index is 0.410. The first-order valence-corrected chi connectivity index (χ1v) is 6.43. The molecule has 0 atom stereocenters. The third-order valence-corrected chi connectivity index (χ3v) is 3.69. The molecule has 1 aliphatic carbocycles. The summed E-state index contributed by atoms with van der Waals surface area (Å²) in [7, 11) is 0. The zero-order chi connectivity index (χ0) is 11.5. The van der Waals surface area contributed by atoms with Crippen molar-refractivity contribution in [3.05, 3.63) is 28.2 Å². The van der Waals surface area contributed by atoms with Crippen molar-refractivity contribution in [3.63, 3.8) is 0 Å². The lowest BCUT2D eigenvalue weighted by Crippen LogP contribution is -2.42. The topological polar surface area (TPSA) is 29.3 Å². The molecule has 4 heteroatoms. The third kappa shape index (κ3) is 2.62. The van der Waals surface area contributed by atoms with Crippen LogP contribution in [0.15, 0.2) is 18.2 Å². The molecule has 0 aromatic heterocycles. The van der Waals surface area contributed by atoms with Gasteiger partial charge in [0.1, 0.15) is 0 Å². The number of rotatable bonds is 2. The van der Waals surface area contributed by atoms with Gasteiger partial charge in [0, 0.05) is 11.1 Å². The Morgan fingerprint density at radius 2 is 1.81 bits per heavy atom. The van der Waals surface area contributed by atoms with Crippen molar-refractivity contribution in [1.82, 2.24) is 0 Å². The second-order valence-corrected chi connectivity index (χ2v) is 5.14. The largest absolute Gasteiger partial charge is 0.307 e. The number of hydrogen-bond acceptors (Lipinski definition) is 2. The molecule has 0 amide bonds. The lowest BCUT2D eigenvalue weighted by molar-refractivity contribution is 0.418. The van der Waals surface area contributed by atoms with Gasteiger partial charge in [0.25, 0.3) is 0 Å². The Morgan fingerprint density at radius 1 is 1.12 bits per heavy atom. The van der Waals surface area contributed by atoms with Gasteiger partial charge in [0.05, 0.1) is 10.7 Å². The molecule has 2 nitrogen and oxygen atoms in total. The van der Waals surface area contributed by atoms with Crippen LogP contribution in [0.3, 0.4) is 0 Å². The summed E-state index contributed by atoms with van der Waals surface area (Å²) in [6, 6.07) is 5.86. The van der Waals surface area contributed by atoms with E-state index in [1.807, 2.05) is 12.1 Å². The van der Waals surface area contributed by atoms with Gasteiger partial charge < -0.3 is 5.01 Å². The van der Waals surface area contributed by atoms with Gasteiger partial charge in [0.15, 0.2) is 0 Å². The number of nitrogens with zero attached hydrogens (tertiary/aromatic N) is 1. The standard InChI is InChI=1S/C12H16Cl2N2/c13-9-6-7-12(11(14)8-9)16(15)10-4-2-1-3-5-10/h6-8,10H,1-5,15H2. The van der Waals surface area contributed by atoms with E-state index in [1.165, 1.54) is 19.3 Å². The second kappa shape index (κ2) is 5.26. The van der Waals surface area contributed by atoms with Gasteiger partial charge in [-0.25, -0.2) is 5.84 Å². The molecule has 1 aliphatic rings. The number of anilines is 1. The molecular formula is C12H16Cl2N2. The summed E-state index contributed by atoms with van der Waals surface area (Å²) >= 11 is 12.0. The number of nitrogens with two attached hydrogens (primary N) is 1. The van der Waals surface area contributed by atoms with Crippen molar-refractivity contribution in [3.8, 4) is 0 Å². The molecule has 2 N–H and O–H groups in total. The molecule has 0 radical (unpaired) electrons. The van der Waals surface area contributed by atoms with Crippen LogP contribution in [0.2, 0.25) is 10.0 Å². The predicted octanol–water partition coefficient (Wildman–Crippen LogP) is 4.01. The molecule has 0 bridgehead atoms. The van der Waals surface area contributed by atoms with Gasteiger partial charge in [0.2, 0.25) is 0 Å². The Kier molecular flexibility index (Phi) is 3.95. The third-order valence-electron chi connectivity index (χ3n) is 3.16. The molecule has 0 unspecified atom stereocenters. The molecule has 1 aromatic rings. The molecule has 0 heterocycles. The molecule has 0 saturated heterocycles. The fourth-order valence-electron chi connectivity index (χ4n) is 2.25. The molecule has 1 aromatic carbocycles. The number of benzene rings is 1. The highest BCUT2D eigenvalue weighted by Crippen LogP contribution is 2.31. The zero-order valence-electron chi connectivity index (χ0n) is 9.13. The highest BCUT2D eigenvalue weighted by Gasteiger charge is 2.20. The van der Waals surface area contributed by atoms with E-state index in [0.717, 1.165) is 18.5 Å². The Balaban J connectivity index is 2.15. The summed E-state index contributed by atoms with van der Waals surface area (Å²) in [6.07, 6.45) is 6.12. The number of halogens is 2. The normalized spacial score (nSPS) is 17.4. The van der Waals surface area contributed by atoms with Gasteiger partial charge in [-0.15, -0.1) is 0 Å². The van der Waals surface area contributed by atoms with Crippen LogP contribution in [-0.4, -0.2) is 6.04 Å². The van der Waals surface area contributed by atoms with Crippen LogP contribution in [0.5, 0.6) is 0 Å². The van der Waals surface area contributed by atoms with Crippen molar-refractivity contribution >= 4 is 28.9 Å². The summed E-state index contributed by atoms with van der Waals surface area (Å²) in [5.41, 5.74) is 0.873. The summed E-state index contributed by atoms with van der Waals surface area (Å²) in [6.45, 7) is 0. The molecular weight excluding hydrogens is 243 g/mol. The van der Waals surface area contributed by atoms with Gasteiger partial charge in [-0.1, -0.05) is 42.5 Å². The summed E-state index contributed by atoms with van der Waals surface area (Å²) < 4.78 is 0. The first-order valence-electron chi connectivity index (χ1n) is 5.67. The van der Waals surface area contributed by atoms with Crippen molar-refractivity contribution in [2.75, 3.05) is 5.01 Å². The van der Waals surface area contributed by atoms with Crippen LogP contribution in [0.25, 0.3) is 0 Å². The number of hydrogen-bond donors (Lipinski definition) is 1. The lowest BCUT2D eigenvalue weighted by Gasteiger charge is -2.32. The Morgan fingerprint density at radius 3 is 2.44 bits per heavy atom. The molecule has 1 fully saturated rings. The molecule has 0 aliphatic heterocycles. The Hall–Kier alpha value is -0.440. The molecule has 1 saturated carbocycles. The average molecular weight is 259 g/mol. The van der Waals surface area contributed by atoms with E-state index in [0.29, 0.717) is 16.1 Å². The molecule has 2 rings (SSSR count). The Labute approximate surface area is 106 Å². The van der Waals surface area contributed by atoms with Crippen molar-refractivity contribution in [2.24, 2.45) is 5.84 Å². The van der Waals surface area contributed by atoms with E-state index < -0.39 is 0 Å². The monoisotopic (exact) mass is 258 g/mol. The van der Waals surface area contributed by atoms with Gasteiger partial charge in [-0.05, 0) is 31.0 Å². The van der Waals surface area contributed by atoms with E-state index in [4.69, 9.17) is 29.0 Å². The Bertz CT molecular complexity index is 362. The first-order chi connectivity index (χ1) is 7.68. The van der Waals surface area contributed by atoms with E-state index in [-0.39, 0.29) is 0 Å². The van der Waals surface area contributed by atoms with E-state index in [2.05, 4.69) is 0 Å². The summed E-state index contributed by atoms with van der Waals surface area (Å²) in [5.74, 6) is 6.13. The maximum Gasteiger partial charge on any atom is 0.0707 e.